The smallest absolute Gasteiger partial charge is 0.353 e. The molecule has 2 aromatic rings. The monoisotopic (exact) mass is 429 g/mol. The van der Waals surface area contributed by atoms with Gasteiger partial charge in [-0.05, 0) is 43.3 Å². The van der Waals surface area contributed by atoms with Crippen LogP contribution in [0.1, 0.15) is 12.5 Å². The molecule has 0 bridgehead atoms. The van der Waals surface area contributed by atoms with E-state index in [-0.39, 0.29) is 11.2 Å². The van der Waals surface area contributed by atoms with Crippen molar-refractivity contribution < 1.29 is 18.0 Å². The highest BCUT2D eigenvalue weighted by Gasteiger charge is 2.31. The van der Waals surface area contributed by atoms with Gasteiger partial charge in [-0.1, -0.05) is 11.6 Å². The molecule has 0 N–H and O–H groups in total. The van der Waals surface area contributed by atoms with Crippen LogP contribution >= 0.6 is 23.4 Å². The number of benzene rings is 1. The molecule has 2 heterocycles. The van der Waals surface area contributed by atoms with E-state index in [9.17, 15) is 18.0 Å². The van der Waals surface area contributed by atoms with E-state index in [1.165, 1.54) is 17.8 Å². The summed E-state index contributed by atoms with van der Waals surface area (Å²) in [4.78, 5) is 21.3. The summed E-state index contributed by atoms with van der Waals surface area (Å²) in [6, 6.07) is 9.74. The first kappa shape index (κ1) is 20.8. The molecule has 1 unspecified atom stereocenters. The summed E-state index contributed by atoms with van der Waals surface area (Å²) in [7, 11) is 0. The number of hydrogen-bond donors (Lipinski definition) is 0. The van der Waals surface area contributed by atoms with Gasteiger partial charge in [-0.25, -0.2) is 4.98 Å². The Morgan fingerprint density at radius 2 is 1.75 bits per heavy atom. The molecule has 1 atom stereocenters. The topological polar surface area (TPSA) is 36.4 Å². The average Bonchev–Trinajstić information content (AvgIpc) is 2.69. The molecule has 1 aliphatic rings. The van der Waals surface area contributed by atoms with Crippen molar-refractivity contribution in [3.63, 3.8) is 0 Å². The first-order valence-corrected chi connectivity index (χ1v) is 9.99. The number of nitrogens with zero attached hydrogens (tertiary/aromatic N) is 3. The van der Waals surface area contributed by atoms with Crippen LogP contribution in [0.4, 0.5) is 19.0 Å². The molecule has 1 aromatic heterocycles. The lowest BCUT2D eigenvalue weighted by molar-refractivity contribution is -0.137. The number of hydrogen-bond acceptors (Lipinski definition) is 4. The number of pyridine rings is 1. The number of piperazine rings is 1. The predicted octanol–water partition coefficient (Wildman–Crippen LogP) is 4.58. The lowest BCUT2D eigenvalue weighted by Gasteiger charge is -2.36. The summed E-state index contributed by atoms with van der Waals surface area (Å²) in [6.45, 7) is 3.94. The highest BCUT2D eigenvalue weighted by atomic mass is 35.5. The number of carbonyl (C=O) groups is 1. The van der Waals surface area contributed by atoms with E-state index < -0.39 is 11.7 Å². The molecule has 1 aliphatic heterocycles. The highest BCUT2D eigenvalue weighted by molar-refractivity contribution is 8.00. The van der Waals surface area contributed by atoms with Gasteiger partial charge in [-0.3, -0.25) is 4.79 Å². The molecular weight excluding hydrogens is 411 g/mol. The zero-order valence-electron chi connectivity index (χ0n) is 15.1. The standard InChI is InChI=1S/C19H19ClF3N3OS/c1-13(28-16-5-3-15(20)4-6-16)18(27)26-10-8-25(9-11-26)17-7-2-14(12-24-17)19(21,22)23/h2-7,12-13H,8-11H2,1H3. The van der Waals surface area contributed by atoms with Crippen molar-refractivity contribution >= 4 is 35.1 Å². The van der Waals surface area contributed by atoms with Crippen LogP contribution in [0.2, 0.25) is 5.02 Å². The Labute approximate surface area is 170 Å². The fourth-order valence-corrected chi connectivity index (χ4v) is 4.00. The maximum Gasteiger partial charge on any atom is 0.417 e. The molecule has 9 heteroatoms. The molecule has 0 radical (unpaired) electrons. The SMILES string of the molecule is CC(Sc1ccc(Cl)cc1)C(=O)N1CCN(c2ccc(C(F)(F)F)cn2)CC1. The molecule has 1 amide bonds. The number of alkyl halides is 3. The van der Waals surface area contributed by atoms with Crippen molar-refractivity contribution in [1.29, 1.82) is 0 Å². The zero-order valence-corrected chi connectivity index (χ0v) is 16.7. The third kappa shape index (κ3) is 5.11. The second kappa shape index (κ2) is 8.61. The zero-order chi connectivity index (χ0) is 20.3. The minimum atomic E-state index is -4.39. The van der Waals surface area contributed by atoms with Crippen molar-refractivity contribution in [3.8, 4) is 0 Å². The average molecular weight is 430 g/mol. The number of thioether (sulfide) groups is 1. The largest absolute Gasteiger partial charge is 0.417 e. The minimum absolute atomic E-state index is 0.0416. The van der Waals surface area contributed by atoms with Gasteiger partial charge in [-0.2, -0.15) is 13.2 Å². The van der Waals surface area contributed by atoms with Gasteiger partial charge < -0.3 is 9.80 Å². The first-order chi connectivity index (χ1) is 13.2. The fourth-order valence-electron chi connectivity index (χ4n) is 2.92. The van der Waals surface area contributed by atoms with Crippen molar-refractivity contribution in [3.05, 3.63) is 53.2 Å². The molecule has 4 nitrogen and oxygen atoms in total. The molecule has 0 spiro atoms. The second-order valence-corrected chi connectivity index (χ2v) is 8.28. The van der Waals surface area contributed by atoms with Gasteiger partial charge in [0.2, 0.25) is 5.91 Å². The molecule has 3 rings (SSSR count). The summed E-state index contributed by atoms with van der Waals surface area (Å²) >= 11 is 7.35. The maximum atomic E-state index is 12.7. The van der Waals surface area contributed by atoms with Gasteiger partial charge in [0.25, 0.3) is 0 Å². The van der Waals surface area contributed by atoms with Crippen molar-refractivity contribution in [2.75, 3.05) is 31.1 Å². The lowest BCUT2D eigenvalue weighted by atomic mass is 10.2. The third-order valence-corrected chi connectivity index (χ3v) is 5.82. The summed E-state index contributed by atoms with van der Waals surface area (Å²) in [5, 5.41) is 0.410. The van der Waals surface area contributed by atoms with Crippen LogP contribution in [0, 0.1) is 0 Å². The number of rotatable bonds is 4. The minimum Gasteiger partial charge on any atom is -0.353 e. The Hall–Kier alpha value is -1.93. The molecule has 1 aromatic carbocycles. The molecule has 150 valence electrons. The number of amides is 1. The van der Waals surface area contributed by atoms with E-state index in [2.05, 4.69) is 4.98 Å². The van der Waals surface area contributed by atoms with E-state index >= 15 is 0 Å². The van der Waals surface area contributed by atoms with Crippen LogP contribution in [0.15, 0.2) is 47.5 Å². The van der Waals surface area contributed by atoms with Crippen molar-refractivity contribution in [2.24, 2.45) is 0 Å². The summed E-state index contributed by atoms with van der Waals surface area (Å²) < 4.78 is 37.9. The Bertz CT molecular complexity index is 807. The van der Waals surface area contributed by atoms with Gasteiger partial charge in [-0.15, -0.1) is 11.8 Å². The quantitative estimate of drug-likeness (QED) is 0.666. The Balaban J connectivity index is 1.54. The van der Waals surface area contributed by atoms with Crippen LogP contribution in [-0.2, 0) is 11.0 Å². The number of aromatic nitrogens is 1. The van der Waals surface area contributed by atoms with Crippen LogP contribution in [0.5, 0.6) is 0 Å². The van der Waals surface area contributed by atoms with Crippen LogP contribution < -0.4 is 4.90 Å². The fraction of sp³-hybridized carbons (Fsp3) is 0.368. The summed E-state index contributed by atoms with van der Waals surface area (Å²) in [6.07, 6.45) is -3.55. The molecular formula is C19H19ClF3N3OS. The Kier molecular flexibility index (Phi) is 6.40. The van der Waals surface area contributed by atoms with Crippen LogP contribution in [0.25, 0.3) is 0 Å². The van der Waals surface area contributed by atoms with Gasteiger partial charge in [0.1, 0.15) is 5.82 Å². The molecule has 1 fully saturated rings. The Morgan fingerprint density at radius 3 is 2.29 bits per heavy atom. The Morgan fingerprint density at radius 1 is 1.11 bits per heavy atom. The number of anilines is 1. The normalized spacial score (nSPS) is 16.2. The van der Waals surface area contributed by atoms with Crippen LogP contribution in [-0.4, -0.2) is 47.2 Å². The lowest BCUT2D eigenvalue weighted by Crippen LogP contribution is -2.50. The number of halogens is 4. The second-order valence-electron chi connectivity index (χ2n) is 6.43. The number of carbonyl (C=O) groups excluding carboxylic acids is 1. The van der Waals surface area contributed by atoms with E-state index in [4.69, 9.17) is 11.6 Å². The molecule has 0 saturated carbocycles. The van der Waals surface area contributed by atoms with Gasteiger partial charge in [0.05, 0.1) is 10.8 Å². The van der Waals surface area contributed by atoms with E-state index in [0.717, 1.165) is 17.2 Å². The van der Waals surface area contributed by atoms with E-state index in [1.54, 1.807) is 17.0 Å². The first-order valence-electron chi connectivity index (χ1n) is 8.73. The van der Waals surface area contributed by atoms with Gasteiger partial charge >= 0.3 is 6.18 Å². The predicted molar refractivity (Wildman–Crippen MR) is 105 cm³/mol. The summed E-state index contributed by atoms with van der Waals surface area (Å²) in [5.74, 6) is 0.531. The van der Waals surface area contributed by atoms with Crippen LogP contribution in [0.3, 0.4) is 0 Å². The third-order valence-electron chi connectivity index (χ3n) is 4.46. The maximum absolute atomic E-state index is 12.7. The van der Waals surface area contributed by atoms with Gasteiger partial charge in [0.15, 0.2) is 0 Å². The van der Waals surface area contributed by atoms with E-state index in [0.29, 0.717) is 37.0 Å². The molecule has 1 saturated heterocycles. The highest BCUT2D eigenvalue weighted by Crippen LogP contribution is 2.30. The van der Waals surface area contributed by atoms with Crippen molar-refractivity contribution in [1.82, 2.24) is 9.88 Å². The van der Waals surface area contributed by atoms with Gasteiger partial charge in [0, 0.05) is 42.3 Å². The molecule has 0 aliphatic carbocycles. The van der Waals surface area contributed by atoms with E-state index in [1.807, 2.05) is 24.0 Å². The summed E-state index contributed by atoms with van der Waals surface area (Å²) in [5.41, 5.74) is -0.766. The molecule has 28 heavy (non-hydrogen) atoms. The van der Waals surface area contributed by atoms with Crippen molar-refractivity contribution in [2.45, 2.75) is 23.2 Å².